The summed E-state index contributed by atoms with van der Waals surface area (Å²) >= 11 is 25.9. The molecule has 0 radical (unpaired) electrons. The number of ketones is 1. The number of para-hydroxylation sites is 2. The van der Waals surface area contributed by atoms with Gasteiger partial charge >= 0.3 is 12.4 Å². The van der Waals surface area contributed by atoms with Crippen molar-refractivity contribution in [1.82, 2.24) is 9.55 Å². The summed E-state index contributed by atoms with van der Waals surface area (Å²) in [5.41, 5.74) is 5.24. The number of aryl methyl sites for hydroxylation is 1. The Morgan fingerprint density at radius 1 is 0.950 bits per heavy atom. The number of hydrogen-bond acceptors (Lipinski definition) is 3. The zero-order valence-electron chi connectivity index (χ0n) is 19.2. The van der Waals surface area contributed by atoms with Gasteiger partial charge in [-0.05, 0) is 38.1 Å². The minimum Gasteiger partial charge on any atom is -0.387 e. The highest BCUT2D eigenvalue weighted by atomic mass is 79.9. The molecule has 0 atom stereocenters. The molecule has 16 heteroatoms. The van der Waals surface area contributed by atoms with Crippen molar-refractivity contribution in [3.05, 3.63) is 74.2 Å². The van der Waals surface area contributed by atoms with Crippen LogP contribution in [-0.4, -0.2) is 32.7 Å². The van der Waals surface area contributed by atoms with Gasteiger partial charge in [-0.15, -0.1) is 0 Å². The van der Waals surface area contributed by atoms with Crippen molar-refractivity contribution >= 4 is 79.6 Å². The van der Waals surface area contributed by atoms with Gasteiger partial charge < -0.3 is 10.3 Å². The molecule has 0 aliphatic rings. The van der Waals surface area contributed by atoms with E-state index in [1.54, 1.807) is 43.3 Å². The van der Waals surface area contributed by atoms with E-state index in [1.807, 2.05) is 0 Å². The van der Waals surface area contributed by atoms with Gasteiger partial charge in [0.25, 0.3) is 0 Å². The third-order valence-electron chi connectivity index (χ3n) is 4.01. The van der Waals surface area contributed by atoms with Gasteiger partial charge in [0.2, 0.25) is 5.78 Å². The van der Waals surface area contributed by atoms with Crippen molar-refractivity contribution in [2.24, 2.45) is 10.7 Å². The smallest absolute Gasteiger partial charge is 0.387 e. The molecule has 2 aromatic carbocycles. The molecule has 1 heterocycles. The first-order valence-corrected chi connectivity index (χ1v) is 12.5. The average molecular weight is 721 g/mol. The van der Waals surface area contributed by atoms with Gasteiger partial charge in [0.1, 0.15) is 11.5 Å². The number of hydrogen-bond donors (Lipinski definition) is 1. The Labute approximate surface area is 256 Å². The second kappa shape index (κ2) is 17.1. The number of aromatic nitrogens is 2. The number of Topliss-reactive ketones (excluding diaryl/α,β-unsaturated/α-hetero) is 1. The molecule has 0 aliphatic carbocycles. The highest BCUT2D eigenvalue weighted by molar-refractivity contribution is 9.09. The minimum absolute atomic E-state index is 0. The monoisotopic (exact) mass is 718 g/mol. The summed E-state index contributed by atoms with van der Waals surface area (Å²) in [5, 5.41) is 0.879. The van der Waals surface area contributed by atoms with Crippen LogP contribution in [0.1, 0.15) is 33.3 Å². The van der Waals surface area contributed by atoms with Crippen molar-refractivity contribution in [2.45, 2.75) is 41.1 Å². The summed E-state index contributed by atoms with van der Waals surface area (Å²) in [5.74, 6) is -1.15. The molecule has 0 amide bonds. The molecular weight excluding hydrogens is 696 g/mol. The number of nitrogens with two attached hydrogens (primary N) is 1. The lowest BCUT2D eigenvalue weighted by molar-refractivity contribution is -0.167. The maximum atomic E-state index is 12.6. The number of carbonyl (C=O) groups excluding carboxylic acids is 1. The van der Waals surface area contributed by atoms with Gasteiger partial charge in [-0.2, -0.15) is 26.3 Å². The molecule has 0 fully saturated rings. The van der Waals surface area contributed by atoms with Gasteiger partial charge in [0.15, 0.2) is 5.69 Å². The molecular formula is C24H25BrCl4F6N4O. The molecule has 40 heavy (non-hydrogen) atoms. The van der Waals surface area contributed by atoms with Crippen LogP contribution in [0, 0.1) is 6.92 Å². The van der Waals surface area contributed by atoms with Crippen LogP contribution in [0.2, 0.25) is 20.1 Å². The first-order valence-electron chi connectivity index (χ1n) is 9.88. The molecule has 224 valence electrons. The zero-order valence-corrected chi connectivity index (χ0v) is 23.8. The van der Waals surface area contributed by atoms with Gasteiger partial charge in [-0.1, -0.05) is 89.3 Å². The largest absolute Gasteiger partial charge is 0.450 e. The highest BCUT2D eigenvalue weighted by Crippen LogP contribution is 2.34. The van der Waals surface area contributed by atoms with Gasteiger partial charge in [-0.25, -0.2) is 9.98 Å². The summed E-state index contributed by atoms with van der Waals surface area (Å²) in [6, 6.07) is 9.91. The number of benzene rings is 2. The Kier molecular flexibility index (Phi) is 17.1. The Morgan fingerprint density at radius 2 is 1.38 bits per heavy atom. The van der Waals surface area contributed by atoms with Crippen molar-refractivity contribution in [1.29, 1.82) is 0 Å². The van der Waals surface area contributed by atoms with Gasteiger partial charge in [0, 0.05) is 6.20 Å². The normalized spacial score (nSPS) is 11.2. The maximum Gasteiger partial charge on any atom is 0.450 e. The van der Waals surface area contributed by atoms with E-state index < -0.39 is 29.2 Å². The fourth-order valence-electron chi connectivity index (χ4n) is 2.40. The van der Waals surface area contributed by atoms with Gasteiger partial charge in [-0.3, -0.25) is 4.79 Å². The van der Waals surface area contributed by atoms with Crippen LogP contribution in [0.3, 0.4) is 0 Å². The maximum absolute atomic E-state index is 12.6. The molecule has 3 rings (SSSR count). The molecule has 0 saturated carbocycles. The van der Waals surface area contributed by atoms with Crippen molar-refractivity contribution in [3.8, 4) is 5.69 Å². The fraction of sp³-hybridized carbons (Fsp3) is 0.292. The van der Waals surface area contributed by atoms with Gasteiger partial charge in [0.05, 0.1) is 36.9 Å². The van der Waals surface area contributed by atoms with Crippen LogP contribution in [0.25, 0.3) is 5.69 Å². The number of rotatable bonds is 3. The summed E-state index contributed by atoms with van der Waals surface area (Å²) in [6.07, 6.45) is -8.30. The molecule has 5 nitrogen and oxygen atoms in total. The second-order valence-electron chi connectivity index (χ2n) is 6.99. The summed E-state index contributed by atoms with van der Waals surface area (Å²) in [7, 11) is 0. The van der Waals surface area contributed by atoms with E-state index >= 15 is 0 Å². The lowest BCUT2D eigenvalue weighted by atomic mass is 10.3. The van der Waals surface area contributed by atoms with Crippen molar-refractivity contribution < 1.29 is 31.1 Å². The van der Waals surface area contributed by atoms with Crippen molar-refractivity contribution in [2.75, 3.05) is 5.33 Å². The summed E-state index contributed by atoms with van der Waals surface area (Å²) in [6.45, 7) is 3.13. The minimum atomic E-state index is -4.68. The van der Waals surface area contributed by atoms with Crippen molar-refractivity contribution in [3.63, 3.8) is 0 Å². The first-order chi connectivity index (χ1) is 17.4. The Balaban J connectivity index is 0. The van der Waals surface area contributed by atoms with Crippen LogP contribution in [-0.2, 0) is 11.0 Å². The predicted molar refractivity (Wildman–Crippen MR) is 155 cm³/mol. The fourth-order valence-corrected chi connectivity index (χ4v) is 3.78. The van der Waals surface area contributed by atoms with E-state index in [2.05, 4.69) is 25.9 Å². The molecule has 0 spiro atoms. The summed E-state index contributed by atoms with van der Waals surface area (Å²) in [4.78, 5) is 17.1. The number of carbonyl (C=O) groups is 1. The van der Waals surface area contributed by atoms with Crippen LogP contribution < -0.4 is 5.73 Å². The lowest BCUT2D eigenvalue weighted by Crippen LogP contribution is -2.23. The third-order valence-corrected chi connectivity index (χ3v) is 5.74. The van der Waals surface area contributed by atoms with Crippen LogP contribution in [0.4, 0.5) is 32.0 Å². The SMILES string of the molecule is C.C.CC(N)=Nc1c(Cl)cccc1Cl.Cc1nc(C(F)(F)F)cn1-c1c(Cl)cccc1Cl.O=C(CBr)C(F)(F)F. The molecule has 0 unspecified atom stereocenters. The quantitative estimate of drug-likeness (QED) is 0.127. The second-order valence-corrected chi connectivity index (χ2v) is 9.18. The van der Waals surface area contributed by atoms with Crippen LogP contribution >= 0.6 is 62.3 Å². The molecule has 0 saturated heterocycles. The van der Waals surface area contributed by atoms with E-state index in [1.165, 1.54) is 11.5 Å². The topological polar surface area (TPSA) is 73.3 Å². The third kappa shape index (κ3) is 12.3. The molecule has 2 N–H and O–H groups in total. The molecule has 0 aliphatic heterocycles. The van der Waals surface area contributed by atoms with E-state index in [0.717, 1.165) is 6.20 Å². The predicted octanol–water partition coefficient (Wildman–Crippen LogP) is 10.3. The number of alkyl halides is 7. The number of imidazole rings is 1. The van der Waals surface area contributed by atoms with E-state index in [4.69, 9.17) is 52.1 Å². The Hall–Kier alpha value is -1.99. The number of aliphatic imine (C=N–C) groups is 1. The Bertz CT molecular complexity index is 1250. The number of nitrogens with zero attached hydrogens (tertiary/aromatic N) is 3. The highest BCUT2D eigenvalue weighted by Gasteiger charge is 2.36. The number of halogens is 11. The van der Waals surface area contributed by atoms with E-state index in [0.29, 0.717) is 27.3 Å². The first kappa shape index (κ1) is 40.2. The van der Waals surface area contributed by atoms with Crippen LogP contribution in [0.15, 0.2) is 47.6 Å². The lowest BCUT2D eigenvalue weighted by Gasteiger charge is -2.09. The average Bonchev–Trinajstić information content (AvgIpc) is 3.17. The van der Waals surface area contributed by atoms with E-state index in [9.17, 15) is 31.1 Å². The molecule has 1 aromatic heterocycles. The zero-order chi connectivity index (χ0) is 29.4. The molecule has 3 aromatic rings. The standard InChI is InChI=1S/C11H7Cl2F3N2.C8H8Cl2N2.C3H2BrF3O.2CH4/c1-6-17-9(11(14,15)16)5-18(6)10-7(12)3-2-4-8(10)13;1-5(11)12-8-6(9)3-2-4-7(8)10;4-1-2(8)3(5,6)7;;/h2-5H,1H3;2-4H,1H3,(H2,11,12);1H2;2*1H4. The summed E-state index contributed by atoms with van der Waals surface area (Å²) < 4.78 is 72.1. The number of amidine groups is 1. The molecule has 0 bridgehead atoms. The van der Waals surface area contributed by atoms with Crippen LogP contribution in [0.5, 0.6) is 0 Å². The van der Waals surface area contributed by atoms with E-state index in [-0.39, 0.29) is 30.7 Å². The Morgan fingerprint density at radius 3 is 1.68 bits per heavy atom.